The number of carbonyl (C=O) groups excluding carboxylic acids is 1. The number of carbonyl (C=O) groups is 1. The van der Waals surface area contributed by atoms with E-state index in [9.17, 15) is 4.79 Å². The van der Waals surface area contributed by atoms with Gasteiger partial charge < -0.3 is 11.1 Å². The quantitative estimate of drug-likeness (QED) is 0.726. The molecule has 5 nitrogen and oxygen atoms in total. The van der Waals surface area contributed by atoms with Gasteiger partial charge in [0.25, 0.3) is 0 Å². The molecular weight excluding hydrogens is 384 g/mol. The lowest BCUT2D eigenvalue weighted by molar-refractivity contribution is -0.118. The predicted octanol–water partition coefficient (Wildman–Crippen LogP) is 3.35. The summed E-state index contributed by atoms with van der Waals surface area (Å²) in [6, 6.07) is 18.3. The lowest BCUT2D eigenvalue weighted by Gasteiger charge is -2.34. The average Bonchev–Trinajstić information content (AvgIpc) is 2.71. The number of nitrogens with one attached hydrogen (secondary N) is 1. The minimum atomic E-state index is -0.480. The van der Waals surface area contributed by atoms with Gasteiger partial charge in [0.15, 0.2) is 0 Å². The predicted molar refractivity (Wildman–Crippen MR) is 122 cm³/mol. The van der Waals surface area contributed by atoms with E-state index < -0.39 is 6.04 Å². The van der Waals surface area contributed by atoms with Crippen molar-refractivity contribution in [2.45, 2.75) is 33.0 Å². The number of hydrogen-bond donors (Lipinski definition) is 2. The van der Waals surface area contributed by atoms with Crippen molar-refractivity contribution < 1.29 is 4.79 Å². The van der Waals surface area contributed by atoms with Gasteiger partial charge >= 0.3 is 0 Å². The largest absolute Gasteiger partial charge is 0.325 e. The Morgan fingerprint density at radius 2 is 1.38 bits per heavy atom. The summed E-state index contributed by atoms with van der Waals surface area (Å²) in [5, 5.41) is 2.90. The Morgan fingerprint density at radius 3 is 1.86 bits per heavy atom. The molecule has 0 bridgehead atoms. The second-order valence-corrected chi connectivity index (χ2v) is 7.99. The molecule has 2 aromatic rings. The van der Waals surface area contributed by atoms with Gasteiger partial charge in [0, 0.05) is 45.0 Å². The molecule has 2 aromatic carbocycles. The summed E-state index contributed by atoms with van der Waals surface area (Å²) >= 11 is 0. The molecule has 158 valence electrons. The first kappa shape index (κ1) is 23.4. The first-order valence-corrected chi connectivity index (χ1v) is 10.2. The molecule has 0 unspecified atom stereocenters. The lowest BCUT2D eigenvalue weighted by Crippen LogP contribution is -2.45. The number of anilines is 1. The number of amides is 1. The number of rotatable bonds is 7. The summed E-state index contributed by atoms with van der Waals surface area (Å²) in [6.07, 6.45) is 0. The van der Waals surface area contributed by atoms with E-state index in [1.165, 1.54) is 11.1 Å². The van der Waals surface area contributed by atoms with Crippen molar-refractivity contribution in [1.29, 1.82) is 0 Å². The SMILES string of the molecule is CC(C)[C@H](N)C(=O)Nc1ccc(CN2CCN(Cc3ccccc3)CC2)cc1.Cl. The maximum absolute atomic E-state index is 12.1. The average molecular weight is 417 g/mol. The number of piperazine rings is 1. The molecule has 0 aliphatic carbocycles. The van der Waals surface area contributed by atoms with Crippen molar-refractivity contribution in [3.05, 3.63) is 65.7 Å². The third-order valence-corrected chi connectivity index (χ3v) is 5.36. The molecule has 29 heavy (non-hydrogen) atoms. The topological polar surface area (TPSA) is 61.6 Å². The minimum absolute atomic E-state index is 0. The van der Waals surface area contributed by atoms with Crippen LogP contribution in [0.15, 0.2) is 54.6 Å². The van der Waals surface area contributed by atoms with E-state index >= 15 is 0 Å². The maximum atomic E-state index is 12.1. The van der Waals surface area contributed by atoms with Gasteiger partial charge in [-0.3, -0.25) is 14.6 Å². The van der Waals surface area contributed by atoms with Crippen LogP contribution in [0.3, 0.4) is 0 Å². The Morgan fingerprint density at radius 1 is 0.897 bits per heavy atom. The summed E-state index contributed by atoms with van der Waals surface area (Å²) in [6.45, 7) is 10.2. The highest BCUT2D eigenvalue weighted by Gasteiger charge is 2.18. The van der Waals surface area contributed by atoms with Crippen molar-refractivity contribution in [1.82, 2.24) is 9.80 Å². The second kappa shape index (κ2) is 11.3. The van der Waals surface area contributed by atoms with E-state index in [2.05, 4.69) is 57.6 Å². The van der Waals surface area contributed by atoms with Gasteiger partial charge in [-0.2, -0.15) is 0 Å². The molecule has 1 amide bonds. The van der Waals surface area contributed by atoms with E-state index in [1.807, 2.05) is 26.0 Å². The van der Waals surface area contributed by atoms with Gasteiger partial charge in [-0.05, 0) is 29.2 Å². The van der Waals surface area contributed by atoms with Crippen LogP contribution in [0.5, 0.6) is 0 Å². The van der Waals surface area contributed by atoms with Gasteiger partial charge in [0.05, 0.1) is 6.04 Å². The van der Waals surface area contributed by atoms with Crippen LogP contribution < -0.4 is 11.1 Å². The van der Waals surface area contributed by atoms with Gasteiger partial charge in [-0.25, -0.2) is 0 Å². The fourth-order valence-electron chi connectivity index (χ4n) is 3.43. The summed E-state index contributed by atoms with van der Waals surface area (Å²) in [4.78, 5) is 17.1. The van der Waals surface area contributed by atoms with E-state index in [-0.39, 0.29) is 24.2 Å². The highest BCUT2D eigenvalue weighted by molar-refractivity contribution is 5.94. The standard InChI is InChI=1S/C23H32N4O.ClH/c1-18(2)22(24)23(28)25-21-10-8-20(9-11-21)17-27-14-12-26(13-15-27)16-19-6-4-3-5-7-19;/h3-11,18,22H,12-17,24H2,1-2H3,(H,25,28);1H/t22-;/m0./s1. The molecule has 3 N–H and O–H groups in total. The van der Waals surface area contributed by atoms with E-state index in [1.54, 1.807) is 0 Å². The van der Waals surface area contributed by atoms with Crippen LogP contribution in [0.4, 0.5) is 5.69 Å². The Bertz CT molecular complexity index is 743. The third-order valence-electron chi connectivity index (χ3n) is 5.36. The molecule has 1 heterocycles. The normalized spacial score (nSPS) is 16.3. The zero-order valence-corrected chi connectivity index (χ0v) is 18.2. The first-order valence-electron chi connectivity index (χ1n) is 10.2. The fourth-order valence-corrected chi connectivity index (χ4v) is 3.43. The molecule has 6 heteroatoms. The molecule has 0 aromatic heterocycles. The smallest absolute Gasteiger partial charge is 0.241 e. The van der Waals surface area contributed by atoms with Crippen molar-refractivity contribution >= 4 is 24.0 Å². The molecule has 0 spiro atoms. The summed E-state index contributed by atoms with van der Waals surface area (Å²) in [5.74, 6) is -0.00267. The highest BCUT2D eigenvalue weighted by Crippen LogP contribution is 2.15. The van der Waals surface area contributed by atoms with Crippen molar-refractivity contribution in [2.24, 2.45) is 11.7 Å². The van der Waals surface area contributed by atoms with Crippen molar-refractivity contribution in [3.63, 3.8) is 0 Å². The second-order valence-electron chi connectivity index (χ2n) is 7.99. The van der Waals surface area contributed by atoms with Crippen LogP contribution in [0.2, 0.25) is 0 Å². The summed E-state index contributed by atoms with van der Waals surface area (Å²) < 4.78 is 0. The van der Waals surface area contributed by atoms with Crippen LogP contribution in [0.1, 0.15) is 25.0 Å². The minimum Gasteiger partial charge on any atom is -0.325 e. The molecule has 1 aliphatic heterocycles. The van der Waals surface area contributed by atoms with Crippen molar-refractivity contribution in [3.8, 4) is 0 Å². The highest BCUT2D eigenvalue weighted by atomic mass is 35.5. The first-order chi connectivity index (χ1) is 13.5. The number of halogens is 1. The zero-order chi connectivity index (χ0) is 19.9. The number of benzene rings is 2. The Hall–Kier alpha value is -1.92. The Kier molecular flexibility index (Phi) is 9.11. The molecule has 1 fully saturated rings. The van der Waals surface area contributed by atoms with Crippen LogP contribution in [0, 0.1) is 5.92 Å². The maximum Gasteiger partial charge on any atom is 0.241 e. The fraction of sp³-hybridized carbons (Fsp3) is 0.435. The van der Waals surface area contributed by atoms with Crippen molar-refractivity contribution in [2.75, 3.05) is 31.5 Å². The van der Waals surface area contributed by atoms with E-state index in [0.717, 1.165) is 45.0 Å². The summed E-state index contributed by atoms with van der Waals surface area (Å²) in [7, 11) is 0. The summed E-state index contributed by atoms with van der Waals surface area (Å²) in [5.41, 5.74) is 9.35. The molecule has 0 radical (unpaired) electrons. The monoisotopic (exact) mass is 416 g/mol. The van der Waals surface area contributed by atoms with Crippen LogP contribution in [0.25, 0.3) is 0 Å². The van der Waals surface area contributed by atoms with Crippen LogP contribution in [-0.2, 0) is 17.9 Å². The zero-order valence-electron chi connectivity index (χ0n) is 17.4. The van der Waals surface area contributed by atoms with Gasteiger partial charge in [-0.15, -0.1) is 12.4 Å². The third kappa shape index (κ3) is 7.12. The van der Waals surface area contributed by atoms with Gasteiger partial charge in [0.2, 0.25) is 5.91 Å². The molecule has 0 saturated carbocycles. The van der Waals surface area contributed by atoms with Crippen LogP contribution in [-0.4, -0.2) is 47.9 Å². The molecule has 1 saturated heterocycles. The number of nitrogens with two attached hydrogens (primary N) is 1. The number of nitrogens with zero attached hydrogens (tertiary/aromatic N) is 2. The van der Waals surface area contributed by atoms with Gasteiger partial charge in [-0.1, -0.05) is 56.3 Å². The Labute approximate surface area is 180 Å². The van der Waals surface area contributed by atoms with E-state index in [0.29, 0.717) is 0 Å². The number of hydrogen-bond acceptors (Lipinski definition) is 4. The lowest BCUT2D eigenvalue weighted by atomic mass is 10.0. The van der Waals surface area contributed by atoms with Gasteiger partial charge in [0.1, 0.15) is 0 Å². The molecule has 1 aliphatic rings. The molecular formula is C23H33ClN4O. The molecule has 3 rings (SSSR count). The Balaban J connectivity index is 0.00000300. The van der Waals surface area contributed by atoms with E-state index in [4.69, 9.17) is 5.73 Å². The molecule has 1 atom stereocenters. The van der Waals surface area contributed by atoms with Crippen LogP contribution >= 0.6 is 12.4 Å².